The quantitative estimate of drug-likeness (QED) is 0.0172. The number of esters is 1. The van der Waals surface area contributed by atoms with E-state index in [1.54, 1.807) is 97.1 Å². The lowest BCUT2D eigenvalue weighted by molar-refractivity contribution is -0.389. The first-order valence-electron chi connectivity index (χ1n) is 33.3. The van der Waals surface area contributed by atoms with E-state index in [9.17, 15) is 90.0 Å². The predicted molar refractivity (Wildman–Crippen MR) is 417 cm³/mol. The third kappa shape index (κ3) is 21.7. The van der Waals surface area contributed by atoms with Crippen molar-refractivity contribution in [1.29, 1.82) is 0 Å². The average Bonchev–Trinajstić information content (AvgIpc) is 1.19. The van der Waals surface area contributed by atoms with Crippen molar-refractivity contribution in [1.82, 2.24) is 48.1 Å². The number of aliphatic hydroxyl groups excluding tert-OH is 1. The molecule has 10 aromatic rings. The minimum Gasteiger partial charge on any atom is -0.497 e. The Morgan fingerprint density at radius 3 is 1.01 bits per heavy atom. The molecule has 0 amide bonds. The summed E-state index contributed by atoms with van der Waals surface area (Å²) < 4.78 is 29.0. The van der Waals surface area contributed by atoms with Crippen molar-refractivity contribution in [3.63, 3.8) is 0 Å². The predicted octanol–water partition coefficient (Wildman–Crippen LogP) is 9.13. The van der Waals surface area contributed by atoms with Crippen molar-refractivity contribution in [3.8, 4) is 23.0 Å². The molecule has 5 unspecified atom stereocenters. The minimum atomic E-state index is -1.51. The number of nitro groups is 4. The van der Waals surface area contributed by atoms with Gasteiger partial charge in [0.2, 0.25) is 25.3 Å². The van der Waals surface area contributed by atoms with Gasteiger partial charge in [0.05, 0.1) is 47.2 Å². The second kappa shape index (κ2) is 41.8. The first kappa shape index (κ1) is 95.9. The van der Waals surface area contributed by atoms with Crippen LogP contribution >= 0.6 is 24.8 Å². The van der Waals surface area contributed by atoms with E-state index in [0.29, 0.717) is 57.1 Å². The molecule has 5 aromatic carbocycles. The summed E-state index contributed by atoms with van der Waals surface area (Å²) >= 11 is 0. The molecule has 8 heterocycles. The molecule has 3 saturated heterocycles. The van der Waals surface area contributed by atoms with E-state index in [4.69, 9.17) is 18.9 Å². The number of carboxylic acids is 4. The van der Waals surface area contributed by atoms with Gasteiger partial charge in [-0.15, -0.1) is 31.4 Å². The van der Waals surface area contributed by atoms with Crippen LogP contribution in [0.5, 0.6) is 23.0 Å². The molecule has 13 rings (SSSR count). The second-order valence-electron chi connectivity index (χ2n) is 25.3. The summed E-state index contributed by atoms with van der Waals surface area (Å²) in [5.74, 6) is -2.87. The van der Waals surface area contributed by atoms with Crippen LogP contribution in [-0.4, -0.2) is 189 Å². The Morgan fingerprint density at radius 2 is 0.783 bits per heavy atom. The largest absolute Gasteiger partial charge is 0.497 e. The Morgan fingerprint density at radius 1 is 0.496 bits per heavy atom. The number of piperidine rings is 3. The van der Waals surface area contributed by atoms with Gasteiger partial charge in [0, 0.05) is 31.1 Å². The lowest BCUT2D eigenvalue weighted by atomic mass is 9.73. The van der Waals surface area contributed by atoms with Gasteiger partial charge in [-0.3, -0.25) is 32.9 Å². The third-order valence-electron chi connectivity index (χ3n) is 19.2. The summed E-state index contributed by atoms with van der Waals surface area (Å²) in [6.45, 7) is 13.3. The molecule has 616 valence electrons. The van der Waals surface area contributed by atoms with Crippen LogP contribution in [0.15, 0.2) is 196 Å². The molecule has 3 fully saturated rings. The van der Waals surface area contributed by atoms with Gasteiger partial charge in [0.25, 0.3) is 0 Å². The highest BCUT2D eigenvalue weighted by atomic mass is 35.5. The number of para-hydroxylation sites is 1. The molecule has 115 heavy (non-hydrogen) atoms. The maximum absolute atomic E-state index is 11.7. The number of hydrogen-bond acceptors (Lipinski definition) is 25. The van der Waals surface area contributed by atoms with Gasteiger partial charge in [-0.05, 0) is 187 Å². The summed E-state index contributed by atoms with van der Waals surface area (Å²) in [4.78, 5) is 118. The molecule has 0 radical (unpaired) electrons. The molecule has 9 N–H and O–H groups in total. The Kier molecular flexibility index (Phi) is 34.8. The fourth-order valence-corrected chi connectivity index (χ4v) is 12.1. The number of imidazole rings is 4. The number of methoxy groups -OCH3 is 5. The molecule has 0 saturated carbocycles. The summed E-state index contributed by atoms with van der Waals surface area (Å²) in [5.41, 5.74) is -2.27. The number of halogens is 2. The van der Waals surface area contributed by atoms with E-state index in [1.807, 2.05) is 30.5 Å². The van der Waals surface area contributed by atoms with Gasteiger partial charge in [0.1, 0.15) is 47.8 Å². The number of hydrogen-bond donors (Lipinski definition) is 5. The number of rotatable bonds is 23. The Bertz CT molecular complexity index is 4490. The number of carbonyl (C=O) groups excluding carboxylic acids is 1. The highest BCUT2D eigenvalue weighted by molar-refractivity contribution is 5.86. The van der Waals surface area contributed by atoms with Crippen LogP contribution in [-0.2, 0) is 50.9 Å². The lowest BCUT2D eigenvalue weighted by Gasteiger charge is -2.50. The standard InChI is InChI=1S/C19H22N2O.4C13H13N3O5.C3H6O2.2ClH.2H2O/c1-2-13-12-21-10-8-14(13)11-18(21)19(22)16-7-9-20-17-6-4-3-5-15(16)17;4*1-13(12(17)18,9-3-5-10(21-2)6-4-9)15-7-11(14-8-15)16(19)20;1-3(4)5-2;;;;/h2-7,9,13-14,18-19,22H,1,8,10-12H2;4*3-8H,1-2H3,(H,17,18);1-2H3;2*1H;2*1H2/t13?,14?,18?,19-;3*13-;;;;;;/m1110....../s1. The molecule has 5 aromatic heterocycles. The van der Waals surface area contributed by atoms with Crippen molar-refractivity contribution >= 4 is 88.8 Å². The lowest BCUT2D eigenvalue weighted by Crippen LogP contribution is -2.54. The molecular weight excluding hydrogens is 1560 g/mol. The topological polar surface area (TPSA) is 556 Å². The molecule has 3 aliphatic rings. The summed E-state index contributed by atoms with van der Waals surface area (Å²) in [5, 5.41) is 93.1. The number of carboxylic acid groups (broad SMARTS) is 4. The maximum Gasteiger partial charge on any atom is 0.381 e. The molecule has 41 heteroatoms. The van der Waals surface area contributed by atoms with Crippen LogP contribution in [0.2, 0.25) is 0 Å². The van der Waals surface area contributed by atoms with E-state index in [-0.39, 0.29) is 47.8 Å². The fourth-order valence-electron chi connectivity index (χ4n) is 12.1. The molecule has 0 spiro atoms. The maximum atomic E-state index is 11.7. The summed E-state index contributed by atoms with van der Waals surface area (Å²) in [6.07, 6.45) is 14.7. The highest BCUT2D eigenvalue weighted by Crippen LogP contribution is 2.43. The van der Waals surface area contributed by atoms with Gasteiger partial charge in [0.15, 0.2) is 22.2 Å². The van der Waals surface area contributed by atoms with Crippen molar-refractivity contribution < 1.29 is 104 Å². The van der Waals surface area contributed by atoms with E-state index < -0.39 is 95.1 Å². The van der Waals surface area contributed by atoms with Gasteiger partial charge in [-0.2, -0.15) is 0 Å². The number of pyridine rings is 1. The second-order valence-corrected chi connectivity index (χ2v) is 25.3. The smallest absolute Gasteiger partial charge is 0.381 e. The van der Waals surface area contributed by atoms with E-state index >= 15 is 0 Å². The van der Waals surface area contributed by atoms with Crippen LogP contribution in [0.1, 0.15) is 81.4 Å². The number of aromatic nitrogens is 9. The van der Waals surface area contributed by atoms with Crippen LogP contribution in [0.4, 0.5) is 23.3 Å². The van der Waals surface area contributed by atoms with Crippen LogP contribution in [0.3, 0.4) is 0 Å². The Balaban J connectivity index is 0.000000363. The number of aliphatic carboxylic acids is 4. The van der Waals surface area contributed by atoms with Crippen molar-refractivity contribution in [2.45, 2.75) is 81.8 Å². The van der Waals surface area contributed by atoms with Crippen molar-refractivity contribution in [2.24, 2.45) is 11.8 Å². The van der Waals surface area contributed by atoms with Crippen molar-refractivity contribution in [2.75, 3.05) is 48.6 Å². The van der Waals surface area contributed by atoms with Gasteiger partial charge in [-0.25, -0.2) is 19.2 Å². The minimum absolute atomic E-state index is 0. The Hall–Kier alpha value is -13.3. The number of nitrogens with zero attached hydrogens (tertiary/aromatic N) is 14. The highest BCUT2D eigenvalue weighted by Gasteiger charge is 2.45. The zero-order valence-corrected chi connectivity index (χ0v) is 65.0. The van der Waals surface area contributed by atoms with Gasteiger partial charge < -0.3 is 101 Å². The summed E-state index contributed by atoms with van der Waals surface area (Å²) in [6, 6.07) is 36.1. The number of fused-ring (bicyclic) bond motifs is 4. The number of carbonyl (C=O) groups is 5. The fraction of sp³-hybridized carbons (Fsp3) is 0.297. The average molecular weight is 1640 g/mol. The third-order valence-corrected chi connectivity index (χ3v) is 19.2. The van der Waals surface area contributed by atoms with Gasteiger partial charge in [-0.1, -0.05) is 72.8 Å². The zero-order chi connectivity index (χ0) is 81.9. The normalized spacial score (nSPS) is 16.2. The van der Waals surface area contributed by atoms with Crippen molar-refractivity contribution in [3.05, 3.63) is 265 Å². The number of benzene rings is 5. The molecule has 39 nitrogen and oxygen atoms in total. The first-order valence-corrected chi connectivity index (χ1v) is 33.3. The molecule has 2 bridgehead atoms. The van der Waals surface area contributed by atoms with Gasteiger partial charge >= 0.3 is 53.1 Å². The molecular formula is C74H86Cl2N14O25. The number of aliphatic hydroxyl groups is 1. The SMILES string of the molecule is C=CC1CN2CCC1CC2[C@H](O)c1ccnc2ccccc12.COC(C)=O.COc1ccc(C(C)(C(=O)O)n2cnc([N+](=O)[O-])c2)cc1.COc1ccc([C@@](C)(C(=O)O)n2cnc([N+](=O)[O-])c2)cc1.COc1ccc([C@](C)(C(=O)O)n2cnc([N+](=O)[O-])c2)cc1.COc1ccc([C@](C)(C(=O)O)n2cnc([N+](=O)[O-])c2)cc1.Cl.Cl.O.O. The first-order chi connectivity index (χ1) is 52.6. The molecule has 9 atom stereocenters. The monoisotopic (exact) mass is 1640 g/mol. The van der Waals surface area contributed by atoms with Crippen LogP contribution in [0, 0.1) is 52.3 Å². The van der Waals surface area contributed by atoms with E-state index in [2.05, 4.69) is 53.3 Å². The Labute approximate surface area is 667 Å². The molecule has 3 aliphatic heterocycles. The van der Waals surface area contributed by atoms with E-state index in [0.717, 1.165) is 86.1 Å². The number of ether oxygens (including phenoxy) is 5. The zero-order valence-electron chi connectivity index (χ0n) is 63.4. The van der Waals surface area contributed by atoms with Crippen LogP contribution < -0.4 is 18.9 Å². The summed E-state index contributed by atoms with van der Waals surface area (Å²) in [7, 11) is 7.37. The van der Waals surface area contributed by atoms with E-state index in [1.165, 1.54) is 94.9 Å². The van der Waals surface area contributed by atoms with Crippen LogP contribution in [0.25, 0.3) is 10.9 Å². The molecule has 0 aliphatic carbocycles.